The van der Waals surface area contributed by atoms with Gasteiger partial charge in [-0.15, -0.1) is 0 Å². The molecule has 1 aliphatic heterocycles. The van der Waals surface area contributed by atoms with Crippen molar-refractivity contribution in [3.05, 3.63) is 0 Å². The molecule has 70 valence electrons. The van der Waals surface area contributed by atoms with E-state index in [1.54, 1.807) is 0 Å². The van der Waals surface area contributed by atoms with Gasteiger partial charge >= 0.3 is 0 Å². The van der Waals surface area contributed by atoms with Crippen LogP contribution in [0, 0.1) is 0 Å². The van der Waals surface area contributed by atoms with Gasteiger partial charge < -0.3 is 10.6 Å². The van der Waals surface area contributed by atoms with Crippen LogP contribution in [-0.2, 0) is 4.79 Å². The van der Waals surface area contributed by atoms with E-state index in [4.69, 9.17) is 5.73 Å². The summed E-state index contributed by atoms with van der Waals surface area (Å²) < 4.78 is 0. The lowest BCUT2D eigenvalue weighted by Crippen LogP contribution is -2.42. The third-order valence-corrected chi connectivity index (χ3v) is 2.82. The van der Waals surface area contributed by atoms with Crippen LogP contribution in [0.5, 0.6) is 0 Å². The molecule has 3 atom stereocenters. The first kappa shape index (κ1) is 9.52. The normalized spacial score (nSPS) is 32.7. The van der Waals surface area contributed by atoms with Gasteiger partial charge in [0, 0.05) is 24.5 Å². The first-order valence-corrected chi connectivity index (χ1v) is 4.64. The first-order valence-electron chi connectivity index (χ1n) is 4.64. The molecule has 1 aliphatic rings. The van der Waals surface area contributed by atoms with E-state index >= 15 is 0 Å². The molecule has 0 radical (unpaired) electrons. The van der Waals surface area contributed by atoms with E-state index in [0.29, 0.717) is 12.5 Å². The quantitative estimate of drug-likeness (QED) is 0.664. The molecule has 1 saturated heterocycles. The van der Waals surface area contributed by atoms with Gasteiger partial charge in [-0.3, -0.25) is 4.79 Å². The molecule has 0 aromatic heterocycles. The number of hydrogen-bond donors (Lipinski definition) is 1. The third-order valence-electron chi connectivity index (χ3n) is 2.82. The second kappa shape index (κ2) is 3.44. The van der Waals surface area contributed by atoms with Crippen molar-refractivity contribution in [3.63, 3.8) is 0 Å². The highest BCUT2D eigenvalue weighted by atomic mass is 16.2. The molecule has 1 heterocycles. The maximum absolute atomic E-state index is 11.4. The Bertz CT molecular complexity index is 181. The van der Waals surface area contributed by atoms with Gasteiger partial charge in [-0.1, -0.05) is 6.92 Å². The number of likely N-dealkylation sites (tertiary alicyclic amines) is 1. The number of nitrogens with zero attached hydrogens (tertiary/aromatic N) is 1. The van der Waals surface area contributed by atoms with Crippen LogP contribution in [0.25, 0.3) is 0 Å². The Balaban J connectivity index is 2.69. The zero-order chi connectivity index (χ0) is 9.30. The highest BCUT2D eigenvalue weighted by Crippen LogP contribution is 2.21. The van der Waals surface area contributed by atoms with E-state index in [1.807, 2.05) is 11.8 Å². The van der Waals surface area contributed by atoms with Gasteiger partial charge in [0.25, 0.3) is 0 Å². The van der Waals surface area contributed by atoms with Gasteiger partial charge in [-0.25, -0.2) is 0 Å². The Hall–Kier alpha value is -0.570. The van der Waals surface area contributed by atoms with Gasteiger partial charge in [0.1, 0.15) is 0 Å². The van der Waals surface area contributed by atoms with Crippen molar-refractivity contribution >= 4 is 5.91 Å². The monoisotopic (exact) mass is 170 g/mol. The number of nitrogens with two attached hydrogens (primary N) is 1. The lowest BCUT2D eigenvalue weighted by atomic mass is 10.1. The second-order valence-corrected chi connectivity index (χ2v) is 3.67. The van der Waals surface area contributed by atoms with Crippen molar-refractivity contribution < 1.29 is 4.79 Å². The van der Waals surface area contributed by atoms with Crippen LogP contribution in [-0.4, -0.2) is 28.9 Å². The number of hydrogen-bond acceptors (Lipinski definition) is 2. The number of carbonyl (C=O) groups excluding carboxylic acids is 1. The van der Waals surface area contributed by atoms with Crippen molar-refractivity contribution in [2.45, 2.75) is 51.7 Å². The molecular formula is C9H18N2O. The zero-order valence-electron chi connectivity index (χ0n) is 8.08. The second-order valence-electron chi connectivity index (χ2n) is 3.67. The minimum Gasteiger partial charge on any atom is -0.336 e. The van der Waals surface area contributed by atoms with Crippen LogP contribution in [0.2, 0.25) is 0 Å². The van der Waals surface area contributed by atoms with Gasteiger partial charge in [0.05, 0.1) is 0 Å². The van der Waals surface area contributed by atoms with Crippen LogP contribution < -0.4 is 5.73 Å². The zero-order valence-corrected chi connectivity index (χ0v) is 8.08. The topological polar surface area (TPSA) is 46.3 Å². The molecule has 0 saturated carbocycles. The molecule has 0 aromatic rings. The van der Waals surface area contributed by atoms with Crippen molar-refractivity contribution in [2.24, 2.45) is 5.73 Å². The summed E-state index contributed by atoms with van der Waals surface area (Å²) in [5, 5.41) is 0. The predicted molar refractivity (Wildman–Crippen MR) is 48.7 cm³/mol. The van der Waals surface area contributed by atoms with Gasteiger partial charge in [0.15, 0.2) is 0 Å². The van der Waals surface area contributed by atoms with Crippen LogP contribution in [0.1, 0.15) is 33.6 Å². The van der Waals surface area contributed by atoms with Crippen molar-refractivity contribution in [3.8, 4) is 0 Å². The van der Waals surface area contributed by atoms with E-state index in [2.05, 4.69) is 13.8 Å². The summed E-state index contributed by atoms with van der Waals surface area (Å²) in [5.41, 5.74) is 5.79. The molecule has 3 unspecified atom stereocenters. The lowest BCUT2D eigenvalue weighted by molar-refractivity contribution is -0.130. The van der Waals surface area contributed by atoms with E-state index in [0.717, 1.165) is 6.42 Å². The Labute approximate surface area is 73.9 Å². The summed E-state index contributed by atoms with van der Waals surface area (Å²) in [6.07, 6.45) is 1.52. The minimum absolute atomic E-state index is 0.0338. The van der Waals surface area contributed by atoms with E-state index in [-0.39, 0.29) is 18.0 Å². The number of rotatable bonds is 2. The van der Waals surface area contributed by atoms with E-state index in [9.17, 15) is 4.79 Å². The minimum atomic E-state index is 0.0338. The maximum Gasteiger partial charge on any atom is 0.224 e. The molecule has 0 spiro atoms. The molecule has 0 aromatic carbocycles. The third kappa shape index (κ3) is 1.46. The predicted octanol–water partition coefficient (Wildman–Crippen LogP) is 0.733. The van der Waals surface area contributed by atoms with E-state index in [1.165, 1.54) is 0 Å². The highest BCUT2D eigenvalue weighted by Gasteiger charge is 2.36. The molecule has 3 nitrogen and oxygen atoms in total. The molecule has 0 bridgehead atoms. The van der Waals surface area contributed by atoms with Crippen LogP contribution in [0.3, 0.4) is 0 Å². The fraction of sp³-hybridized carbons (Fsp3) is 0.889. The molecular weight excluding hydrogens is 152 g/mol. The number of amides is 1. The molecule has 2 N–H and O–H groups in total. The van der Waals surface area contributed by atoms with Crippen molar-refractivity contribution in [1.29, 1.82) is 0 Å². The van der Waals surface area contributed by atoms with E-state index < -0.39 is 0 Å². The Morgan fingerprint density at radius 1 is 1.75 bits per heavy atom. The number of carbonyl (C=O) groups is 1. The fourth-order valence-electron chi connectivity index (χ4n) is 1.75. The summed E-state index contributed by atoms with van der Waals surface area (Å²) in [4.78, 5) is 13.4. The average molecular weight is 170 g/mol. The Morgan fingerprint density at radius 3 is 2.67 bits per heavy atom. The molecule has 1 amide bonds. The van der Waals surface area contributed by atoms with Crippen LogP contribution >= 0.6 is 0 Å². The van der Waals surface area contributed by atoms with Crippen LogP contribution in [0.15, 0.2) is 0 Å². The summed E-state index contributed by atoms with van der Waals surface area (Å²) in [7, 11) is 0. The summed E-state index contributed by atoms with van der Waals surface area (Å²) in [6.45, 7) is 6.20. The fourth-order valence-corrected chi connectivity index (χ4v) is 1.75. The molecule has 12 heavy (non-hydrogen) atoms. The average Bonchev–Trinajstić information content (AvgIpc) is 2.26. The molecule has 0 aliphatic carbocycles. The Morgan fingerprint density at radius 2 is 2.33 bits per heavy atom. The molecule has 3 heteroatoms. The largest absolute Gasteiger partial charge is 0.336 e. The maximum atomic E-state index is 11.4. The standard InChI is InChI=1S/C9H18N2O/c1-4-6(2)11-7(3)8(10)5-9(11)12/h6-8H,4-5,10H2,1-3H3. The van der Waals surface area contributed by atoms with Gasteiger partial charge in [-0.2, -0.15) is 0 Å². The lowest BCUT2D eigenvalue weighted by Gasteiger charge is -2.29. The van der Waals surface area contributed by atoms with Crippen LogP contribution in [0.4, 0.5) is 0 Å². The van der Waals surface area contributed by atoms with Crippen molar-refractivity contribution in [2.75, 3.05) is 0 Å². The summed E-state index contributed by atoms with van der Waals surface area (Å²) in [5.74, 6) is 0.212. The SMILES string of the molecule is CCC(C)N1C(=O)CC(N)C1C. The molecule has 1 rings (SSSR count). The van der Waals surface area contributed by atoms with Crippen molar-refractivity contribution in [1.82, 2.24) is 4.90 Å². The Kier molecular flexibility index (Phi) is 2.73. The van der Waals surface area contributed by atoms with Gasteiger partial charge in [0.2, 0.25) is 5.91 Å². The highest BCUT2D eigenvalue weighted by molar-refractivity contribution is 5.80. The summed E-state index contributed by atoms with van der Waals surface area (Å²) in [6, 6.07) is 0.583. The summed E-state index contributed by atoms with van der Waals surface area (Å²) >= 11 is 0. The first-order chi connectivity index (χ1) is 5.57. The smallest absolute Gasteiger partial charge is 0.224 e. The molecule has 1 fully saturated rings. The van der Waals surface area contributed by atoms with Gasteiger partial charge in [-0.05, 0) is 20.3 Å².